The largest absolute Gasteiger partial charge is 0.366 e. The molecule has 2 N–H and O–H groups in total. The van der Waals surface area contributed by atoms with Crippen LogP contribution in [0.4, 0.5) is 0 Å². The normalized spacial score (nSPS) is 17.2. The molecule has 0 aromatic carbocycles. The van der Waals surface area contributed by atoms with Gasteiger partial charge in [0, 0.05) is 11.6 Å². The second-order valence-corrected chi connectivity index (χ2v) is 6.98. The summed E-state index contributed by atoms with van der Waals surface area (Å²) in [5.41, 5.74) is 7.75. The van der Waals surface area contributed by atoms with Crippen LogP contribution in [0.5, 0.6) is 0 Å². The van der Waals surface area contributed by atoms with Gasteiger partial charge in [-0.3, -0.25) is 4.79 Å². The lowest BCUT2D eigenvalue weighted by Crippen LogP contribution is -2.32. The molecule has 2 aromatic rings. The first kappa shape index (κ1) is 15.9. The number of primary amides is 1. The molecule has 2 aromatic heterocycles. The number of rotatable bonds is 4. The molecule has 3 heterocycles. The zero-order valence-corrected chi connectivity index (χ0v) is 14.1. The summed E-state index contributed by atoms with van der Waals surface area (Å²) in [6, 6.07) is 2.22. The number of amides is 1. The number of aromatic nitrogens is 3. The van der Waals surface area contributed by atoms with Crippen molar-refractivity contribution in [3.8, 4) is 0 Å². The third-order valence-corrected chi connectivity index (χ3v) is 4.54. The number of carbonyl (C=O) groups excluding carboxylic acids is 1. The Bertz CT molecular complexity index is 713. The van der Waals surface area contributed by atoms with E-state index in [1.807, 2.05) is 6.07 Å². The number of carbonyl (C=O) groups is 1. The Morgan fingerprint density at radius 2 is 2.09 bits per heavy atom. The third-order valence-electron chi connectivity index (χ3n) is 4.54. The quantitative estimate of drug-likeness (QED) is 0.936. The van der Waals surface area contributed by atoms with Crippen molar-refractivity contribution in [1.29, 1.82) is 0 Å². The van der Waals surface area contributed by atoms with Crippen molar-refractivity contribution in [3.05, 3.63) is 23.5 Å². The minimum atomic E-state index is -0.443. The predicted molar refractivity (Wildman–Crippen MR) is 90.4 cm³/mol. The minimum absolute atomic E-state index is 0.376. The van der Waals surface area contributed by atoms with E-state index in [1.54, 1.807) is 6.20 Å². The molecule has 0 bridgehead atoms. The lowest BCUT2D eigenvalue weighted by molar-refractivity contribution is 0.1000. The highest BCUT2D eigenvalue weighted by molar-refractivity contribution is 5.96. The van der Waals surface area contributed by atoms with Crippen LogP contribution in [0.3, 0.4) is 0 Å². The maximum Gasteiger partial charge on any atom is 0.250 e. The van der Waals surface area contributed by atoms with Crippen LogP contribution in [-0.4, -0.2) is 45.7 Å². The fourth-order valence-corrected chi connectivity index (χ4v) is 3.25. The van der Waals surface area contributed by atoms with Gasteiger partial charge in [-0.25, -0.2) is 9.67 Å². The molecule has 0 aliphatic carbocycles. The van der Waals surface area contributed by atoms with E-state index >= 15 is 0 Å². The van der Waals surface area contributed by atoms with Crippen LogP contribution < -0.4 is 5.73 Å². The first-order chi connectivity index (χ1) is 11.0. The fourth-order valence-electron chi connectivity index (χ4n) is 3.25. The molecule has 6 heteroatoms. The monoisotopic (exact) mass is 315 g/mol. The first-order valence-electron chi connectivity index (χ1n) is 8.31. The summed E-state index contributed by atoms with van der Waals surface area (Å²) in [6.45, 7) is 6.49. The smallest absolute Gasteiger partial charge is 0.250 e. The van der Waals surface area contributed by atoms with Crippen LogP contribution in [-0.2, 0) is 6.42 Å². The molecular weight excluding hydrogens is 290 g/mol. The number of nitrogens with two attached hydrogens (primary N) is 1. The van der Waals surface area contributed by atoms with Gasteiger partial charge >= 0.3 is 0 Å². The van der Waals surface area contributed by atoms with Crippen molar-refractivity contribution in [1.82, 2.24) is 19.7 Å². The second-order valence-electron chi connectivity index (χ2n) is 6.98. The molecule has 1 aliphatic rings. The van der Waals surface area contributed by atoms with Gasteiger partial charge in [0.2, 0.25) is 5.91 Å². The van der Waals surface area contributed by atoms with Gasteiger partial charge in [0.25, 0.3) is 0 Å². The molecule has 6 nitrogen and oxygen atoms in total. The highest BCUT2D eigenvalue weighted by Crippen LogP contribution is 2.28. The van der Waals surface area contributed by atoms with Crippen molar-refractivity contribution >= 4 is 16.9 Å². The number of fused-ring (bicyclic) bond motifs is 1. The Kier molecular flexibility index (Phi) is 4.35. The summed E-state index contributed by atoms with van der Waals surface area (Å²) in [5, 5.41) is 5.83. The zero-order valence-electron chi connectivity index (χ0n) is 14.1. The van der Waals surface area contributed by atoms with E-state index < -0.39 is 5.91 Å². The summed E-state index contributed by atoms with van der Waals surface area (Å²) in [6.07, 6.45) is 4.60. The number of nitrogens with zero attached hydrogens (tertiary/aromatic N) is 4. The van der Waals surface area contributed by atoms with Gasteiger partial charge in [0.05, 0.1) is 17.3 Å². The summed E-state index contributed by atoms with van der Waals surface area (Å²) in [5.74, 6) is 0.0539. The van der Waals surface area contributed by atoms with E-state index in [9.17, 15) is 4.79 Å². The average Bonchev–Trinajstić information content (AvgIpc) is 2.85. The predicted octanol–water partition coefficient (Wildman–Crippen LogP) is 2.00. The van der Waals surface area contributed by atoms with Crippen LogP contribution in [0, 0.1) is 5.92 Å². The Balaban J connectivity index is 2.05. The molecule has 0 atom stereocenters. The molecule has 124 valence electrons. The lowest BCUT2D eigenvalue weighted by Gasteiger charge is -2.29. The van der Waals surface area contributed by atoms with E-state index in [0.717, 1.165) is 49.1 Å². The Morgan fingerprint density at radius 1 is 1.39 bits per heavy atom. The lowest BCUT2D eigenvalue weighted by atomic mass is 10.0. The van der Waals surface area contributed by atoms with Crippen molar-refractivity contribution in [3.63, 3.8) is 0 Å². The standard InChI is InChI=1S/C17H25N5O/c1-11(2)8-15-14-9-12(16(18)23)10-19-17(14)22(20-15)13-4-6-21(3)7-5-13/h9-11,13H,4-8H2,1-3H3,(H2,18,23). The minimum Gasteiger partial charge on any atom is -0.366 e. The second kappa shape index (κ2) is 6.28. The fraction of sp³-hybridized carbons (Fsp3) is 0.588. The molecule has 1 aliphatic heterocycles. The van der Waals surface area contributed by atoms with Crippen molar-refractivity contribution in [2.75, 3.05) is 20.1 Å². The number of likely N-dealkylation sites (tertiary alicyclic amines) is 1. The van der Waals surface area contributed by atoms with Crippen LogP contribution in [0.1, 0.15) is 48.8 Å². The molecule has 3 rings (SSSR count). The molecule has 1 saturated heterocycles. The van der Waals surface area contributed by atoms with Crippen LogP contribution in [0.2, 0.25) is 0 Å². The first-order valence-corrected chi connectivity index (χ1v) is 8.31. The Hall–Kier alpha value is -1.95. The van der Waals surface area contributed by atoms with Crippen molar-refractivity contribution in [2.24, 2.45) is 11.7 Å². The maximum absolute atomic E-state index is 11.5. The molecule has 1 fully saturated rings. The van der Waals surface area contributed by atoms with E-state index in [4.69, 9.17) is 10.8 Å². The van der Waals surface area contributed by atoms with Gasteiger partial charge in [0.1, 0.15) is 0 Å². The van der Waals surface area contributed by atoms with Gasteiger partial charge in [-0.1, -0.05) is 13.8 Å². The van der Waals surface area contributed by atoms with Crippen molar-refractivity contribution in [2.45, 2.75) is 39.2 Å². The molecule has 0 spiro atoms. The highest BCUT2D eigenvalue weighted by atomic mass is 16.1. The molecule has 1 amide bonds. The molecule has 0 unspecified atom stereocenters. The van der Waals surface area contributed by atoms with Gasteiger partial charge in [0.15, 0.2) is 5.65 Å². The summed E-state index contributed by atoms with van der Waals surface area (Å²) in [4.78, 5) is 18.3. The SMILES string of the molecule is CC(C)Cc1nn(C2CCN(C)CC2)c2ncc(C(N)=O)cc12. The number of hydrogen-bond acceptors (Lipinski definition) is 4. The van der Waals surface area contributed by atoms with Crippen LogP contribution in [0.15, 0.2) is 12.3 Å². The van der Waals surface area contributed by atoms with Crippen LogP contribution in [0.25, 0.3) is 11.0 Å². The topological polar surface area (TPSA) is 77.0 Å². The van der Waals surface area contributed by atoms with E-state index in [1.165, 1.54) is 0 Å². The van der Waals surface area contributed by atoms with Crippen LogP contribution >= 0.6 is 0 Å². The number of pyridine rings is 1. The number of piperidine rings is 1. The molecular formula is C17H25N5O. The summed E-state index contributed by atoms with van der Waals surface area (Å²) < 4.78 is 2.07. The van der Waals surface area contributed by atoms with Crippen molar-refractivity contribution < 1.29 is 4.79 Å². The van der Waals surface area contributed by atoms with Gasteiger partial charge in [-0.05, 0) is 51.4 Å². The summed E-state index contributed by atoms with van der Waals surface area (Å²) in [7, 11) is 2.15. The maximum atomic E-state index is 11.5. The average molecular weight is 315 g/mol. The number of hydrogen-bond donors (Lipinski definition) is 1. The van der Waals surface area contributed by atoms with Gasteiger partial charge in [-0.15, -0.1) is 0 Å². The van der Waals surface area contributed by atoms with Gasteiger partial charge in [-0.2, -0.15) is 5.10 Å². The summed E-state index contributed by atoms with van der Waals surface area (Å²) >= 11 is 0. The Morgan fingerprint density at radius 3 is 2.70 bits per heavy atom. The molecule has 0 radical (unpaired) electrons. The molecule has 0 saturated carbocycles. The zero-order chi connectivity index (χ0) is 16.6. The van der Waals surface area contributed by atoms with E-state index in [0.29, 0.717) is 17.5 Å². The van der Waals surface area contributed by atoms with Gasteiger partial charge < -0.3 is 10.6 Å². The Labute approximate surface area is 136 Å². The molecule has 23 heavy (non-hydrogen) atoms. The third kappa shape index (κ3) is 3.22. The highest BCUT2D eigenvalue weighted by Gasteiger charge is 2.23. The van der Waals surface area contributed by atoms with E-state index in [2.05, 4.69) is 35.5 Å². The van der Waals surface area contributed by atoms with E-state index in [-0.39, 0.29) is 0 Å².